The second kappa shape index (κ2) is 12.1. The number of rotatable bonds is 10. The summed E-state index contributed by atoms with van der Waals surface area (Å²) in [4.78, 5) is 31.4. The minimum atomic E-state index is -0.483. The third-order valence-electron chi connectivity index (χ3n) is 5.81. The van der Waals surface area contributed by atoms with E-state index in [1.54, 1.807) is 54.0 Å². The Kier molecular flexibility index (Phi) is 8.46. The van der Waals surface area contributed by atoms with Gasteiger partial charge < -0.3 is 19.4 Å². The maximum absolute atomic E-state index is 12.5. The van der Waals surface area contributed by atoms with Crippen LogP contribution in [0.2, 0.25) is 0 Å². The molecule has 0 aliphatic rings. The van der Waals surface area contributed by atoms with E-state index in [0.717, 1.165) is 18.5 Å². The van der Waals surface area contributed by atoms with E-state index in [1.807, 2.05) is 12.1 Å². The highest BCUT2D eigenvalue weighted by Gasteiger charge is 2.14. The lowest BCUT2D eigenvalue weighted by Crippen LogP contribution is -2.27. The fraction of sp³-hybridized carbons (Fsp3) is 0.214. The summed E-state index contributed by atoms with van der Waals surface area (Å²) in [7, 11) is 0. The molecule has 0 saturated heterocycles. The van der Waals surface area contributed by atoms with Crippen LogP contribution in [0.25, 0.3) is 27.8 Å². The van der Waals surface area contributed by atoms with E-state index in [1.165, 1.54) is 11.3 Å². The van der Waals surface area contributed by atoms with E-state index in [0.29, 0.717) is 51.8 Å². The molecule has 2 aromatic carbocycles. The highest BCUT2D eigenvalue weighted by Crippen LogP contribution is 2.26. The second-order valence-corrected chi connectivity index (χ2v) is 8.94. The highest BCUT2D eigenvalue weighted by atomic mass is 32.1. The van der Waals surface area contributed by atoms with Crippen LogP contribution in [-0.2, 0) is 4.74 Å². The smallest absolute Gasteiger partial charge is 0.345 e. The van der Waals surface area contributed by atoms with Gasteiger partial charge in [0, 0.05) is 29.2 Å². The summed E-state index contributed by atoms with van der Waals surface area (Å²) in [5.41, 5.74) is 2.26. The molecule has 0 saturated carbocycles. The first-order valence-electron chi connectivity index (χ1n) is 11.9. The molecule has 0 aliphatic carbocycles. The minimum absolute atomic E-state index is 0.307. The van der Waals surface area contributed by atoms with Crippen molar-refractivity contribution in [2.45, 2.75) is 13.8 Å². The Morgan fingerprint density at radius 3 is 2.68 bits per heavy atom. The first-order chi connectivity index (χ1) is 18.0. The van der Waals surface area contributed by atoms with Crippen LogP contribution >= 0.6 is 11.3 Å². The first kappa shape index (κ1) is 25.8. The van der Waals surface area contributed by atoms with Gasteiger partial charge in [-0.2, -0.15) is 5.26 Å². The van der Waals surface area contributed by atoms with Crippen LogP contribution < -0.4 is 10.9 Å². The maximum atomic E-state index is 12.5. The summed E-state index contributed by atoms with van der Waals surface area (Å²) >= 11 is 1.26. The van der Waals surface area contributed by atoms with Gasteiger partial charge in [0.25, 0.3) is 0 Å². The van der Waals surface area contributed by atoms with Crippen molar-refractivity contribution in [3.05, 3.63) is 87.2 Å². The number of nitrogens with one attached hydrogen (secondary N) is 1. The molecule has 188 valence electrons. The van der Waals surface area contributed by atoms with Crippen molar-refractivity contribution in [3.63, 3.8) is 0 Å². The van der Waals surface area contributed by atoms with Gasteiger partial charge in [-0.25, -0.2) is 14.6 Å². The predicted molar refractivity (Wildman–Crippen MR) is 145 cm³/mol. The number of benzene rings is 2. The van der Waals surface area contributed by atoms with Gasteiger partial charge >= 0.3 is 11.6 Å². The molecule has 2 heterocycles. The number of esters is 1. The van der Waals surface area contributed by atoms with E-state index in [9.17, 15) is 14.9 Å². The molecule has 0 fully saturated rings. The van der Waals surface area contributed by atoms with Crippen LogP contribution in [0.5, 0.6) is 0 Å². The van der Waals surface area contributed by atoms with Gasteiger partial charge in [0.05, 0.1) is 16.8 Å². The van der Waals surface area contributed by atoms with E-state index in [2.05, 4.69) is 35.1 Å². The van der Waals surface area contributed by atoms with Crippen molar-refractivity contribution in [2.24, 2.45) is 0 Å². The number of aromatic nitrogens is 1. The Hall–Kier alpha value is -4.26. The molecule has 0 aliphatic heterocycles. The summed E-state index contributed by atoms with van der Waals surface area (Å²) in [6, 6.07) is 17.9. The summed E-state index contributed by atoms with van der Waals surface area (Å²) in [5, 5.41) is 15.7. The average molecular weight is 515 g/mol. The molecule has 37 heavy (non-hydrogen) atoms. The van der Waals surface area contributed by atoms with Gasteiger partial charge in [0.2, 0.25) is 0 Å². The number of likely N-dealkylation sites (N-methyl/N-ethyl adjacent to an activating group) is 1. The normalized spacial score (nSPS) is 11.5. The Bertz CT molecular complexity index is 1510. The molecule has 9 heteroatoms. The Morgan fingerprint density at radius 1 is 1.19 bits per heavy atom. The molecule has 0 bridgehead atoms. The van der Waals surface area contributed by atoms with Crippen LogP contribution in [0.15, 0.2) is 75.4 Å². The molecule has 4 aromatic rings. The Balaban J connectivity index is 1.42. The van der Waals surface area contributed by atoms with Crippen molar-refractivity contribution < 1.29 is 13.9 Å². The number of hydrogen-bond acceptors (Lipinski definition) is 9. The molecule has 1 N–H and O–H groups in total. The number of carbonyl (C=O) groups excluding carboxylic acids is 1. The number of nitriles is 1. The highest BCUT2D eigenvalue weighted by molar-refractivity contribution is 7.11. The van der Waals surface area contributed by atoms with Gasteiger partial charge in [0.15, 0.2) is 0 Å². The molecular formula is C28H26N4O4S. The number of fused-ring (bicyclic) bond motifs is 1. The third kappa shape index (κ3) is 6.30. The van der Waals surface area contributed by atoms with Gasteiger partial charge in [0.1, 0.15) is 28.8 Å². The lowest BCUT2D eigenvalue weighted by molar-refractivity contribution is 0.0466. The summed E-state index contributed by atoms with van der Waals surface area (Å²) in [6.07, 6.45) is 1.54. The van der Waals surface area contributed by atoms with Crippen LogP contribution in [0.3, 0.4) is 0 Å². The SMILES string of the molecule is CCN(CC)CCOC(=O)c1ccc(N/C=C(/C#N)c2nc(-c3cc4ccccc4oc3=O)cs2)cc1. The largest absolute Gasteiger partial charge is 0.461 e. The minimum Gasteiger partial charge on any atom is -0.461 e. The van der Waals surface area contributed by atoms with Crippen molar-refractivity contribution in [1.82, 2.24) is 9.88 Å². The lowest BCUT2D eigenvalue weighted by atomic mass is 10.1. The summed E-state index contributed by atoms with van der Waals surface area (Å²) in [6.45, 7) is 7.00. The van der Waals surface area contributed by atoms with Gasteiger partial charge in [-0.1, -0.05) is 32.0 Å². The fourth-order valence-corrected chi connectivity index (χ4v) is 4.44. The second-order valence-electron chi connectivity index (χ2n) is 8.08. The van der Waals surface area contributed by atoms with Crippen molar-refractivity contribution in [2.75, 3.05) is 31.6 Å². The van der Waals surface area contributed by atoms with E-state index in [4.69, 9.17) is 9.15 Å². The number of anilines is 1. The number of thiazole rings is 1. The quantitative estimate of drug-likeness (QED) is 0.170. The molecular weight excluding hydrogens is 488 g/mol. The number of hydrogen-bond donors (Lipinski definition) is 1. The molecule has 0 unspecified atom stereocenters. The predicted octanol–water partition coefficient (Wildman–Crippen LogP) is 5.39. The molecule has 0 radical (unpaired) electrons. The number of ether oxygens (including phenoxy) is 1. The number of para-hydroxylation sites is 1. The topological polar surface area (TPSA) is 108 Å². The molecule has 8 nitrogen and oxygen atoms in total. The lowest BCUT2D eigenvalue weighted by Gasteiger charge is -2.17. The molecule has 0 spiro atoms. The van der Waals surface area contributed by atoms with Crippen LogP contribution in [0, 0.1) is 11.3 Å². The molecule has 2 aromatic heterocycles. The van der Waals surface area contributed by atoms with Crippen molar-refractivity contribution in [3.8, 4) is 17.3 Å². The zero-order valence-electron chi connectivity index (χ0n) is 20.6. The van der Waals surface area contributed by atoms with Crippen LogP contribution in [0.4, 0.5) is 5.69 Å². The van der Waals surface area contributed by atoms with Crippen molar-refractivity contribution >= 4 is 39.5 Å². The summed E-state index contributed by atoms with van der Waals surface area (Å²) < 4.78 is 10.8. The monoisotopic (exact) mass is 514 g/mol. The molecule has 0 atom stereocenters. The van der Waals surface area contributed by atoms with Gasteiger partial charge in [-0.15, -0.1) is 11.3 Å². The van der Waals surface area contributed by atoms with E-state index in [-0.39, 0.29) is 5.97 Å². The number of allylic oxidation sites excluding steroid dienone is 1. The number of nitrogens with zero attached hydrogens (tertiary/aromatic N) is 3. The third-order valence-corrected chi connectivity index (χ3v) is 6.69. The van der Waals surface area contributed by atoms with E-state index < -0.39 is 5.63 Å². The van der Waals surface area contributed by atoms with Gasteiger partial charge in [-0.3, -0.25) is 0 Å². The standard InChI is InChI=1S/C28H26N4O4S/c1-3-32(4-2)13-14-35-27(33)19-9-11-22(12-10-19)30-17-21(16-29)26-31-24(18-37-26)23-15-20-7-5-6-8-25(20)36-28(23)34/h5-12,15,17-18,30H,3-4,13-14H2,1-2H3/b21-17-. The first-order valence-corrected chi connectivity index (χ1v) is 12.8. The molecule has 4 rings (SSSR count). The fourth-order valence-electron chi connectivity index (χ4n) is 3.65. The zero-order chi connectivity index (χ0) is 26.2. The zero-order valence-corrected chi connectivity index (χ0v) is 21.4. The Labute approximate surface area is 218 Å². The van der Waals surface area contributed by atoms with E-state index >= 15 is 0 Å². The summed E-state index contributed by atoms with van der Waals surface area (Å²) in [5.74, 6) is -0.375. The average Bonchev–Trinajstić information content (AvgIpc) is 3.41. The molecule has 0 amide bonds. The Morgan fingerprint density at radius 2 is 1.95 bits per heavy atom. The maximum Gasteiger partial charge on any atom is 0.345 e. The number of carbonyl (C=O) groups is 1. The van der Waals surface area contributed by atoms with Gasteiger partial charge in [-0.05, 0) is 49.5 Å². The van der Waals surface area contributed by atoms with Crippen LogP contribution in [0.1, 0.15) is 29.2 Å². The van der Waals surface area contributed by atoms with Crippen molar-refractivity contribution in [1.29, 1.82) is 5.26 Å². The van der Waals surface area contributed by atoms with Crippen LogP contribution in [-0.4, -0.2) is 42.1 Å².